The summed E-state index contributed by atoms with van der Waals surface area (Å²) in [6.45, 7) is 2.69. The summed E-state index contributed by atoms with van der Waals surface area (Å²) < 4.78 is 5.68. The molecule has 2 fully saturated rings. The molecule has 1 unspecified atom stereocenters. The lowest BCUT2D eigenvalue weighted by Gasteiger charge is -2.21. The summed E-state index contributed by atoms with van der Waals surface area (Å²) in [5, 5.41) is 7.28. The highest BCUT2D eigenvalue weighted by molar-refractivity contribution is 6.32. The Morgan fingerprint density at radius 2 is 2.07 bits per heavy atom. The molecule has 0 radical (unpaired) electrons. The summed E-state index contributed by atoms with van der Waals surface area (Å²) in [7, 11) is 1.75. The lowest BCUT2D eigenvalue weighted by molar-refractivity contribution is -0.134. The molecule has 1 aliphatic carbocycles. The molecule has 1 aliphatic heterocycles. The molecule has 3 rings (SSSR count). The molecule has 6 nitrogen and oxygen atoms in total. The van der Waals surface area contributed by atoms with Gasteiger partial charge in [-0.2, -0.15) is 0 Å². The van der Waals surface area contributed by atoms with Crippen molar-refractivity contribution in [3.8, 4) is 5.75 Å². The standard InChI is InChI=1S/C20H29ClN4O2/c1-22-20(23-11-13-27-18-9-5-4-8-17(18)21)24-16-10-12-25(14-16)19(26)15-6-2-3-7-15/h4-5,8-9,15-16H,2-3,6-7,10-14H2,1H3,(H2,22,23,24). The first kappa shape index (κ1) is 19.8. The monoisotopic (exact) mass is 392 g/mol. The summed E-state index contributed by atoms with van der Waals surface area (Å²) in [5.41, 5.74) is 0. The van der Waals surface area contributed by atoms with Gasteiger partial charge >= 0.3 is 0 Å². The highest BCUT2D eigenvalue weighted by Crippen LogP contribution is 2.27. The van der Waals surface area contributed by atoms with Gasteiger partial charge in [-0.05, 0) is 31.4 Å². The van der Waals surface area contributed by atoms with Crippen LogP contribution in [0.25, 0.3) is 0 Å². The Hall–Kier alpha value is -1.95. The maximum atomic E-state index is 12.5. The van der Waals surface area contributed by atoms with Crippen molar-refractivity contribution in [3.05, 3.63) is 29.3 Å². The van der Waals surface area contributed by atoms with E-state index in [1.165, 1.54) is 12.8 Å². The summed E-state index contributed by atoms with van der Waals surface area (Å²) in [4.78, 5) is 18.8. The van der Waals surface area contributed by atoms with Gasteiger partial charge in [0.2, 0.25) is 5.91 Å². The van der Waals surface area contributed by atoms with Gasteiger partial charge in [0.05, 0.1) is 11.6 Å². The van der Waals surface area contributed by atoms with E-state index in [2.05, 4.69) is 15.6 Å². The van der Waals surface area contributed by atoms with Gasteiger partial charge in [0, 0.05) is 32.1 Å². The number of ether oxygens (including phenoxy) is 1. The molecule has 148 valence electrons. The number of nitrogens with zero attached hydrogens (tertiary/aromatic N) is 2. The molecule has 7 heteroatoms. The molecule has 2 aliphatic rings. The lowest BCUT2D eigenvalue weighted by atomic mass is 10.1. The van der Waals surface area contributed by atoms with Crippen LogP contribution in [0.3, 0.4) is 0 Å². The molecule has 1 aromatic rings. The van der Waals surface area contributed by atoms with Gasteiger partial charge in [-0.25, -0.2) is 0 Å². The molecule has 0 bridgehead atoms. The zero-order valence-corrected chi connectivity index (χ0v) is 16.7. The number of aliphatic imine (C=N–C) groups is 1. The van der Waals surface area contributed by atoms with Gasteiger partial charge in [0.25, 0.3) is 0 Å². The van der Waals surface area contributed by atoms with Crippen molar-refractivity contribution in [1.29, 1.82) is 0 Å². The van der Waals surface area contributed by atoms with E-state index in [-0.39, 0.29) is 12.0 Å². The number of halogens is 1. The highest BCUT2D eigenvalue weighted by atomic mass is 35.5. The molecular formula is C20H29ClN4O2. The molecule has 1 saturated heterocycles. The number of para-hydroxylation sites is 1. The van der Waals surface area contributed by atoms with Crippen LogP contribution in [0.2, 0.25) is 5.02 Å². The normalized spacial score (nSPS) is 20.7. The number of likely N-dealkylation sites (tertiary alicyclic amines) is 1. The average molecular weight is 393 g/mol. The zero-order valence-electron chi connectivity index (χ0n) is 15.9. The molecule has 1 saturated carbocycles. The number of benzene rings is 1. The van der Waals surface area contributed by atoms with Crippen molar-refractivity contribution in [1.82, 2.24) is 15.5 Å². The van der Waals surface area contributed by atoms with Gasteiger partial charge in [0.15, 0.2) is 5.96 Å². The Balaban J connectivity index is 1.37. The van der Waals surface area contributed by atoms with Crippen LogP contribution < -0.4 is 15.4 Å². The molecular weight excluding hydrogens is 364 g/mol. The quantitative estimate of drug-likeness (QED) is 0.444. The summed E-state index contributed by atoms with van der Waals surface area (Å²) in [6.07, 6.45) is 5.46. The largest absolute Gasteiger partial charge is 0.490 e. The van der Waals surface area contributed by atoms with Crippen molar-refractivity contribution in [2.45, 2.75) is 38.1 Å². The van der Waals surface area contributed by atoms with Crippen LogP contribution in [-0.2, 0) is 4.79 Å². The minimum atomic E-state index is 0.242. The Morgan fingerprint density at radius 3 is 2.81 bits per heavy atom. The number of guanidine groups is 1. The first-order chi connectivity index (χ1) is 13.2. The SMILES string of the molecule is CN=C(NCCOc1ccccc1Cl)NC1CCN(C(=O)C2CCCC2)C1. The third kappa shape index (κ3) is 5.51. The van der Waals surface area contributed by atoms with E-state index in [4.69, 9.17) is 16.3 Å². The van der Waals surface area contributed by atoms with Gasteiger partial charge in [0.1, 0.15) is 12.4 Å². The molecule has 0 aromatic heterocycles. The van der Waals surface area contributed by atoms with Crippen LogP contribution in [0.5, 0.6) is 5.75 Å². The maximum absolute atomic E-state index is 12.5. The van der Waals surface area contributed by atoms with Crippen molar-refractivity contribution in [3.63, 3.8) is 0 Å². The third-order valence-corrected chi connectivity index (χ3v) is 5.57. The van der Waals surface area contributed by atoms with Gasteiger partial charge < -0.3 is 20.3 Å². The predicted molar refractivity (Wildman–Crippen MR) is 108 cm³/mol. The first-order valence-corrected chi connectivity index (χ1v) is 10.2. The molecule has 1 heterocycles. The Labute approximate surface area is 166 Å². The molecule has 1 atom stereocenters. The summed E-state index contributed by atoms with van der Waals surface area (Å²) in [5.74, 6) is 2.01. The Morgan fingerprint density at radius 1 is 1.30 bits per heavy atom. The van der Waals surface area contributed by atoms with E-state index >= 15 is 0 Å². The highest BCUT2D eigenvalue weighted by Gasteiger charge is 2.32. The molecule has 1 aromatic carbocycles. The number of carbonyl (C=O) groups excluding carboxylic acids is 1. The van der Waals surface area contributed by atoms with Crippen molar-refractivity contribution in [2.75, 3.05) is 33.3 Å². The number of hydrogen-bond acceptors (Lipinski definition) is 3. The Bertz CT molecular complexity index is 661. The number of amides is 1. The molecule has 0 spiro atoms. The van der Waals surface area contributed by atoms with Crippen LogP contribution >= 0.6 is 11.6 Å². The van der Waals surface area contributed by atoms with Gasteiger partial charge in [-0.3, -0.25) is 9.79 Å². The summed E-state index contributed by atoms with van der Waals surface area (Å²) >= 11 is 6.08. The van der Waals surface area contributed by atoms with Crippen molar-refractivity contribution in [2.24, 2.45) is 10.9 Å². The fourth-order valence-electron chi connectivity index (χ4n) is 3.79. The zero-order chi connectivity index (χ0) is 19.1. The maximum Gasteiger partial charge on any atom is 0.225 e. The third-order valence-electron chi connectivity index (χ3n) is 5.26. The second kappa shape index (κ2) is 9.83. The van der Waals surface area contributed by atoms with Crippen LogP contribution in [0.4, 0.5) is 0 Å². The fraction of sp³-hybridized carbons (Fsp3) is 0.600. The van der Waals surface area contributed by atoms with Crippen LogP contribution in [-0.4, -0.2) is 56.1 Å². The number of hydrogen-bond donors (Lipinski definition) is 2. The summed E-state index contributed by atoms with van der Waals surface area (Å²) in [6, 6.07) is 7.68. The molecule has 1 amide bonds. The average Bonchev–Trinajstić information content (AvgIpc) is 3.37. The second-order valence-electron chi connectivity index (χ2n) is 7.17. The minimum absolute atomic E-state index is 0.242. The number of nitrogens with one attached hydrogen (secondary N) is 2. The second-order valence-corrected chi connectivity index (χ2v) is 7.58. The molecule has 27 heavy (non-hydrogen) atoms. The lowest BCUT2D eigenvalue weighted by Crippen LogP contribution is -2.46. The minimum Gasteiger partial charge on any atom is -0.490 e. The fourth-order valence-corrected chi connectivity index (χ4v) is 3.98. The van der Waals surface area contributed by atoms with E-state index in [0.29, 0.717) is 29.8 Å². The Kier molecular flexibility index (Phi) is 7.21. The van der Waals surface area contributed by atoms with E-state index < -0.39 is 0 Å². The van der Waals surface area contributed by atoms with E-state index in [9.17, 15) is 4.79 Å². The van der Waals surface area contributed by atoms with Crippen molar-refractivity contribution < 1.29 is 9.53 Å². The van der Waals surface area contributed by atoms with Crippen LogP contribution in [0, 0.1) is 5.92 Å². The van der Waals surface area contributed by atoms with E-state index in [1.54, 1.807) is 7.05 Å². The predicted octanol–water partition coefficient (Wildman–Crippen LogP) is 2.67. The van der Waals surface area contributed by atoms with Crippen molar-refractivity contribution >= 4 is 23.5 Å². The number of rotatable bonds is 6. The first-order valence-electron chi connectivity index (χ1n) is 9.80. The smallest absolute Gasteiger partial charge is 0.225 e. The van der Waals surface area contributed by atoms with Crippen LogP contribution in [0.1, 0.15) is 32.1 Å². The van der Waals surface area contributed by atoms with Gasteiger partial charge in [-0.15, -0.1) is 0 Å². The molecule has 2 N–H and O–H groups in total. The number of carbonyl (C=O) groups is 1. The van der Waals surface area contributed by atoms with E-state index in [1.807, 2.05) is 29.2 Å². The van der Waals surface area contributed by atoms with Crippen LogP contribution in [0.15, 0.2) is 29.3 Å². The van der Waals surface area contributed by atoms with E-state index in [0.717, 1.165) is 38.3 Å². The van der Waals surface area contributed by atoms with Gasteiger partial charge in [-0.1, -0.05) is 36.6 Å². The topological polar surface area (TPSA) is 66.0 Å².